The van der Waals surface area contributed by atoms with Crippen LogP contribution in [0.15, 0.2) is 57.8 Å². The van der Waals surface area contributed by atoms with E-state index in [-0.39, 0.29) is 10.8 Å². The number of amides is 1. The molecule has 0 atom stereocenters. The average molecular weight is 449 g/mol. The Morgan fingerprint density at radius 3 is 2.48 bits per heavy atom. The van der Waals surface area contributed by atoms with E-state index in [0.717, 1.165) is 4.34 Å². The highest BCUT2D eigenvalue weighted by atomic mass is 32.2. The summed E-state index contributed by atoms with van der Waals surface area (Å²) in [5.74, 6) is -0.331. The zero-order chi connectivity index (χ0) is 21.0. The van der Waals surface area contributed by atoms with E-state index in [4.69, 9.17) is 0 Å². The van der Waals surface area contributed by atoms with Crippen LogP contribution in [-0.2, 0) is 10.0 Å². The number of nitrogens with zero attached hydrogens (tertiary/aromatic N) is 2. The van der Waals surface area contributed by atoms with Crippen LogP contribution in [-0.4, -0.2) is 29.8 Å². The Hall–Kier alpha value is -2.43. The molecule has 2 N–H and O–H groups in total. The first-order valence-corrected chi connectivity index (χ1v) is 11.9. The Bertz CT molecular complexity index is 1110. The maximum Gasteiger partial charge on any atom is 0.261 e. The molecule has 0 saturated carbocycles. The normalized spacial score (nSPS) is 11.4. The molecule has 0 bridgehead atoms. The monoisotopic (exact) mass is 448 g/mol. The standard InChI is InChI=1S/C19H20N4O3S3/c1-12(2)27-19-22-21-18(28-19)20-17(24)14-9-10-16(13(3)11-14)23-29(25,26)15-7-5-4-6-8-15/h4-12,23H,1-3H3,(H,20,21,24). The molecule has 0 saturated heterocycles. The molecule has 0 aliphatic heterocycles. The fraction of sp³-hybridized carbons (Fsp3) is 0.211. The SMILES string of the molecule is Cc1cc(C(=O)Nc2nnc(SC(C)C)s2)ccc1NS(=O)(=O)c1ccccc1. The van der Waals surface area contributed by atoms with E-state index in [1.165, 1.54) is 23.5 Å². The molecule has 10 heteroatoms. The predicted octanol–water partition coefficient (Wildman–Crippen LogP) is 4.40. The van der Waals surface area contributed by atoms with Gasteiger partial charge in [-0.1, -0.05) is 55.1 Å². The molecule has 0 aliphatic carbocycles. The minimum Gasteiger partial charge on any atom is -0.296 e. The lowest BCUT2D eigenvalue weighted by Crippen LogP contribution is -2.15. The first-order chi connectivity index (χ1) is 13.7. The van der Waals surface area contributed by atoms with Crippen LogP contribution in [0.5, 0.6) is 0 Å². The predicted molar refractivity (Wildman–Crippen MR) is 117 cm³/mol. The molecule has 29 heavy (non-hydrogen) atoms. The number of hydrogen-bond acceptors (Lipinski definition) is 7. The molecule has 3 rings (SSSR count). The van der Waals surface area contributed by atoms with Crippen molar-refractivity contribution in [3.8, 4) is 0 Å². The summed E-state index contributed by atoms with van der Waals surface area (Å²) in [5, 5.41) is 11.5. The lowest BCUT2D eigenvalue weighted by atomic mass is 10.1. The second-order valence-electron chi connectivity index (χ2n) is 6.44. The van der Waals surface area contributed by atoms with Crippen molar-refractivity contribution < 1.29 is 13.2 Å². The summed E-state index contributed by atoms with van der Waals surface area (Å²) in [6.07, 6.45) is 0. The summed E-state index contributed by atoms with van der Waals surface area (Å²) in [4.78, 5) is 12.7. The number of aromatic nitrogens is 2. The van der Waals surface area contributed by atoms with E-state index in [1.54, 1.807) is 55.1 Å². The highest BCUT2D eigenvalue weighted by Crippen LogP contribution is 2.29. The van der Waals surface area contributed by atoms with Crippen LogP contribution >= 0.6 is 23.1 Å². The first-order valence-electron chi connectivity index (χ1n) is 8.74. The third kappa shape index (κ3) is 5.55. The van der Waals surface area contributed by atoms with Crippen LogP contribution in [0.4, 0.5) is 10.8 Å². The molecule has 1 aromatic heterocycles. The molecule has 0 radical (unpaired) electrons. The van der Waals surface area contributed by atoms with Crippen molar-refractivity contribution in [3.05, 3.63) is 59.7 Å². The first kappa shape index (κ1) is 21.3. The molecule has 0 unspecified atom stereocenters. The van der Waals surface area contributed by atoms with Crippen molar-refractivity contribution >= 4 is 49.8 Å². The minimum absolute atomic E-state index is 0.174. The number of carbonyl (C=O) groups excluding carboxylic acids is 1. The molecule has 1 amide bonds. The van der Waals surface area contributed by atoms with Crippen molar-refractivity contribution in [1.29, 1.82) is 0 Å². The van der Waals surface area contributed by atoms with Gasteiger partial charge in [-0.15, -0.1) is 10.2 Å². The van der Waals surface area contributed by atoms with E-state index in [0.29, 0.717) is 27.2 Å². The van der Waals surface area contributed by atoms with Crippen LogP contribution in [0.2, 0.25) is 0 Å². The number of carbonyl (C=O) groups is 1. The van der Waals surface area contributed by atoms with Crippen molar-refractivity contribution in [2.24, 2.45) is 0 Å². The van der Waals surface area contributed by atoms with Crippen molar-refractivity contribution in [2.75, 3.05) is 10.0 Å². The van der Waals surface area contributed by atoms with Gasteiger partial charge in [-0.2, -0.15) is 0 Å². The smallest absolute Gasteiger partial charge is 0.261 e. The van der Waals surface area contributed by atoms with Crippen molar-refractivity contribution in [2.45, 2.75) is 35.3 Å². The van der Waals surface area contributed by atoms with Gasteiger partial charge in [-0.05, 0) is 42.8 Å². The molecule has 152 valence electrons. The number of benzene rings is 2. The van der Waals surface area contributed by atoms with Crippen molar-refractivity contribution in [3.63, 3.8) is 0 Å². The maximum absolute atomic E-state index is 12.5. The zero-order valence-corrected chi connectivity index (χ0v) is 18.5. The van der Waals surface area contributed by atoms with Crippen LogP contribution in [0.1, 0.15) is 29.8 Å². The lowest BCUT2D eigenvalue weighted by molar-refractivity contribution is 0.102. The summed E-state index contributed by atoms with van der Waals surface area (Å²) in [5.41, 5.74) is 1.45. The minimum atomic E-state index is -3.69. The Kier molecular flexibility index (Phi) is 6.56. The maximum atomic E-state index is 12.5. The van der Waals surface area contributed by atoms with E-state index < -0.39 is 10.0 Å². The van der Waals surface area contributed by atoms with Crippen LogP contribution in [0.3, 0.4) is 0 Å². The van der Waals surface area contributed by atoms with E-state index >= 15 is 0 Å². The Morgan fingerprint density at radius 1 is 1.10 bits per heavy atom. The molecule has 0 spiro atoms. The summed E-state index contributed by atoms with van der Waals surface area (Å²) in [6.45, 7) is 5.85. The molecule has 3 aromatic rings. The van der Waals surface area contributed by atoms with E-state index in [1.807, 2.05) is 0 Å². The molecule has 1 heterocycles. The molecule has 0 fully saturated rings. The molecular weight excluding hydrogens is 428 g/mol. The Labute approximate surface area is 178 Å². The highest BCUT2D eigenvalue weighted by molar-refractivity contribution is 8.01. The van der Waals surface area contributed by atoms with E-state index in [2.05, 4.69) is 34.1 Å². The summed E-state index contributed by atoms with van der Waals surface area (Å²) in [6, 6.07) is 12.9. The third-order valence-electron chi connectivity index (χ3n) is 3.75. The Morgan fingerprint density at radius 2 is 1.83 bits per heavy atom. The largest absolute Gasteiger partial charge is 0.296 e. The van der Waals surface area contributed by atoms with Gasteiger partial charge in [0, 0.05) is 10.8 Å². The number of aryl methyl sites for hydroxylation is 1. The summed E-state index contributed by atoms with van der Waals surface area (Å²) >= 11 is 2.89. The van der Waals surface area contributed by atoms with Gasteiger partial charge in [-0.3, -0.25) is 14.8 Å². The van der Waals surface area contributed by atoms with Gasteiger partial charge in [-0.25, -0.2) is 8.42 Å². The summed E-state index contributed by atoms with van der Waals surface area (Å²) in [7, 11) is -3.69. The number of thioether (sulfide) groups is 1. The number of rotatable bonds is 7. The fourth-order valence-electron chi connectivity index (χ4n) is 2.40. The summed E-state index contributed by atoms with van der Waals surface area (Å²) < 4.78 is 28.3. The average Bonchev–Trinajstić information content (AvgIpc) is 3.10. The molecule has 0 aliphatic rings. The van der Waals surface area contributed by atoms with Gasteiger partial charge in [0.05, 0.1) is 10.6 Å². The quantitative estimate of drug-likeness (QED) is 0.410. The highest BCUT2D eigenvalue weighted by Gasteiger charge is 2.16. The second kappa shape index (κ2) is 8.93. The zero-order valence-electron chi connectivity index (χ0n) is 16.0. The van der Waals surface area contributed by atoms with Gasteiger partial charge < -0.3 is 0 Å². The van der Waals surface area contributed by atoms with Crippen LogP contribution in [0, 0.1) is 6.92 Å². The van der Waals surface area contributed by atoms with Gasteiger partial charge in [0.1, 0.15) is 0 Å². The third-order valence-corrected chi connectivity index (χ3v) is 7.06. The molecular formula is C19H20N4O3S3. The Balaban J connectivity index is 1.72. The van der Waals surface area contributed by atoms with Crippen molar-refractivity contribution in [1.82, 2.24) is 10.2 Å². The molecule has 2 aromatic carbocycles. The van der Waals surface area contributed by atoms with E-state index in [9.17, 15) is 13.2 Å². The van der Waals surface area contributed by atoms with Crippen LogP contribution in [0.25, 0.3) is 0 Å². The van der Waals surface area contributed by atoms with Gasteiger partial charge in [0.2, 0.25) is 5.13 Å². The van der Waals surface area contributed by atoms with Crippen LogP contribution < -0.4 is 10.0 Å². The second-order valence-corrected chi connectivity index (χ2v) is 10.9. The lowest BCUT2D eigenvalue weighted by Gasteiger charge is -2.11. The number of sulfonamides is 1. The number of anilines is 2. The van der Waals surface area contributed by atoms with Gasteiger partial charge in [0.25, 0.3) is 15.9 Å². The topological polar surface area (TPSA) is 101 Å². The fourth-order valence-corrected chi connectivity index (χ4v) is 5.52. The van der Waals surface area contributed by atoms with Gasteiger partial charge in [0.15, 0.2) is 4.34 Å². The van der Waals surface area contributed by atoms with Gasteiger partial charge >= 0.3 is 0 Å². The molecule has 7 nitrogen and oxygen atoms in total. The number of nitrogens with one attached hydrogen (secondary N) is 2. The number of hydrogen-bond donors (Lipinski definition) is 2.